The SMILES string of the molecule is Cn1c(=O)[nH]cc([Se]c2ccccc2)c1=O. The first kappa shape index (κ1) is 10.9. The Labute approximate surface area is 98.1 Å². The Hall–Kier alpha value is -1.58. The molecule has 1 N–H and O–H groups in total. The van der Waals surface area contributed by atoms with Crippen LogP contribution in [0.3, 0.4) is 0 Å². The van der Waals surface area contributed by atoms with Gasteiger partial charge >= 0.3 is 97.8 Å². The van der Waals surface area contributed by atoms with E-state index >= 15 is 0 Å². The van der Waals surface area contributed by atoms with Gasteiger partial charge in [0.2, 0.25) is 0 Å². The monoisotopic (exact) mass is 282 g/mol. The molecule has 0 fully saturated rings. The van der Waals surface area contributed by atoms with E-state index in [4.69, 9.17) is 0 Å². The van der Waals surface area contributed by atoms with Crippen LogP contribution in [0.25, 0.3) is 0 Å². The normalized spacial score (nSPS) is 10.3. The van der Waals surface area contributed by atoms with Crippen molar-refractivity contribution in [1.82, 2.24) is 9.55 Å². The summed E-state index contributed by atoms with van der Waals surface area (Å²) in [6, 6.07) is 9.76. The Balaban J connectivity index is 2.41. The number of rotatable bonds is 2. The van der Waals surface area contributed by atoms with Gasteiger partial charge in [-0.3, -0.25) is 0 Å². The number of hydrogen-bond acceptors (Lipinski definition) is 2. The molecule has 1 aromatic carbocycles. The maximum absolute atomic E-state index is 11.8. The third-order valence-corrected chi connectivity index (χ3v) is 4.26. The first-order chi connectivity index (χ1) is 7.68. The van der Waals surface area contributed by atoms with Crippen molar-refractivity contribution in [3.05, 3.63) is 57.4 Å². The predicted octanol–water partition coefficient (Wildman–Crippen LogP) is -1.27. The van der Waals surface area contributed by atoms with E-state index < -0.39 is 0 Å². The molecule has 0 atom stereocenters. The van der Waals surface area contributed by atoms with Crippen LogP contribution in [0.2, 0.25) is 0 Å². The third kappa shape index (κ3) is 2.15. The van der Waals surface area contributed by atoms with E-state index in [0.29, 0.717) is 4.46 Å². The fraction of sp³-hybridized carbons (Fsp3) is 0.0909. The van der Waals surface area contributed by atoms with Crippen LogP contribution in [-0.2, 0) is 7.05 Å². The maximum atomic E-state index is 11.8. The average molecular weight is 281 g/mol. The van der Waals surface area contributed by atoms with Crippen molar-refractivity contribution in [2.24, 2.45) is 7.05 Å². The number of aromatic amines is 1. The third-order valence-electron chi connectivity index (χ3n) is 2.12. The van der Waals surface area contributed by atoms with Crippen molar-refractivity contribution < 1.29 is 0 Å². The van der Waals surface area contributed by atoms with Crippen LogP contribution in [0, 0.1) is 0 Å². The molecule has 0 aliphatic heterocycles. The number of hydrogen-bond donors (Lipinski definition) is 1. The number of benzene rings is 1. The summed E-state index contributed by atoms with van der Waals surface area (Å²) in [6.07, 6.45) is 1.51. The minimum absolute atomic E-state index is 0.0691. The second-order valence-corrected chi connectivity index (χ2v) is 5.58. The van der Waals surface area contributed by atoms with Crippen molar-refractivity contribution in [3.8, 4) is 0 Å². The molecule has 1 aromatic heterocycles. The molecule has 2 rings (SSSR count). The average Bonchev–Trinajstić information content (AvgIpc) is 2.31. The molecule has 0 unspecified atom stereocenters. The number of aromatic nitrogens is 2. The van der Waals surface area contributed by atoms with Crippen LogP contribution in [0.15, 0.2) is 46.1 Å². The Morgan fingerprint density at radius 2 is 1.88 bits per heavy atom. The molecule has 0 amide bonds. The molecule has 5 heteroatoms. The van der Waals surface area contributed by atoms with Crippen LogP contribution >= 0.6 is 0 Å². The van der Waals surface area contributed by atoms with Gasteiger partial charge in [-0.25, -0.2) is 0 Å². The van der Waals surface area contributed by atoms with Crippen LogP contribution < -0.4 is 20.2 Å². The molecule has 0 saturated carbocycles. The molecule has 16 heavy (non-hydrogen) atoms. The first-order valence-corrected chi connectivity index (χ1v) is 6.41. The van der Waals surface area contributed by atoms with Gasteiger partial charge in [0.25, 0.3) is 0 Å². The molecule has 0 bridgehead atoms. The fourth-order valence-electron chi connectivity index (χ4n) is 1.23. The van der Waals surface area contributed by atoms with Crippen molar-refractivity contribution in [3.63, 3.8) is 0 Å². The Morgan fingerprint density at radius 1 is 1.19 bits per heavy atom. The van der Waals surface area contributed by atoms with Gasteiger partial charge in [0.1, 0.15) is 0 Å². The van der Waals surface area contributed by atoms with E-state index in [9.17, 15) is 9.59 Å². The molecule has 2 aromatic rings. The quantitative estimate of drug-likeness (QED) is 0.698. The summed E-state index contributed by atoms with van der Waals surface area (Å²) in [5.41, 5.74) is -0.592. The molecular formula is C11H10N2O2Se. The van der Waals surface area contributed by atoms with E-state index in [1.165, 1.54) is 13.2 Å². The summed E-state index contributed by atoms with van der Waals surface area (Å²) in [7, 11) is 1.48. The molecule has 1 heterocycles. The zero-order chi connectivity index (χ0) is 11.5. The Morgan fingerprint density at radius 3 is 2.56 bits per heavy atom. The van der Waals surface area contributed by atoms with Crippen LogP contribution in [0.4, 0.5) is 0 Å². The molecule has 0 spiro atoms. The van der Waals surface area contributed by atoms with Gasteiger partial charge in [0.05, 0.1) is 0 Å². The molecule has 0 aliphatic rings. The molecular weight excluding hydrogens is 271 g/mol. The Kier molecular flexibility index (Phi) is 3.08. The molecule has 0 radical (unpaired) electrons. The van der Waals surface area contributed by atoms with Crippen molar-refractivity contribution >= 4 is 23.9 Å². The standard InChI is InChI=1S/C11H10N2O2Se/c1-13-10(14)9(7-12-11(13)15)16-8-5-3-2-4-6-8/h2-7H,1H3,(H,12,15). The zero-order valence-electron chi connectivity index (χ0n) is 8.64. The molecule has 4 nitrogen and oxygen atoms in total. The van der Waals surface area contributed by atoms with Crippen molar-refractivity contribution in [2.45, 2.75) is 0 Å². The van der Waals surface area contributed by atoms with Gasteiger partial charge < -0.3 is 0 Å². The van der Waals surface area contributed by atoms with Crippen LogP contribution in [-0.4, -0.2) is 24.5 Å². The second-order valence-electron chi connectivity index (χ2n) is 3.24. The molecule has 0 saturated heterocycles. The summed E-state index contributed by atoms with van der Waals surface area (Å²) in [5.74, 6) is 0. The van der Waals surface area contributed by atoms with Gasteiger partial charge in [-0.1, -0.05) is 0 Å². The predicted molar refractivity (Wildman–Crippen MR) is 63.8 cm³/mol. The van der Waals surface area contributed by atoms with Gasteiger partial charge in [-0.2, -0.15) is 0 Å². The minimum atomic E-state index is -0.377. The van der Waals surface area contributed by atoms with E-state index in [2.05, 4.69) is 4.98 Å². The molecule has 82 valence electrons. The van der Waals surface area contributed by atoms with E-state index in [1.807, 2.05) is 30.3 Å². The van der Waals surface area contributed by atoms with Gasteiger partial charge in [0, 0.05) is 0 Å². The summed E-state index contributed by atoms with van der Waals surface area (Å²) < 4.78 is 2.86. The number of nitrogens with zero attached hydrogens (tertiary/aromatic N) is 1. The first-order valence-electron chi connectivity index (χ1n) is 4.70. The summed E-state index contributed by atoms with van der Waals surface area (Å²) in [4.78, 5) is 25.5. The van der Waals surface area contributed by atoms with E-state index in [0.717, 1.165) is 9.03 Å². The second kappa shape index (κ2) is 4.51. The van der Waals surface area contributed by atoms with Gasteiger partial charge in [0.15, 0.2) is 0 Å². The van der Waals surface area contributed by atoms with E-state index in [-0.39, 0.29) is 26.2 Å². The Bertz CT molecular complexity index is 601. The summed E-state index contributed by atoms with van der Waals surface area (Å²) >= 11 is -0.0691. The van der Waals surface area contributed by atoms with E-state index in [1.54, 1.807) is 0 Å². The van der Waals surface area contributed by atoms with Crippen molar-refractivity contribution in [2.75, 3.05) is 0 Å². The molecule has 0 aliphatic carbocycles. The van der Waals surface area contributed by atoms with Gasteiger partial charge in [-0.05, 0) is 0 Å². The number of nitrogens with one attached hydrogen (secondary N) is 1. The zero-order valence-corrected chi connectivity index (χ0v) is 10.3. The summed E-state index contributed by atoms with van der Waals surface area (Å²) in [5, 5.41) is 0. The van der Waals surface area contributed by atoms with Crippen molar-refractivity contribution in [1.29, 1.82) is 0 Å². The van der Waals surface area contributed by atoms with Crippen LogP contribution in [0.1, 0.15) is 0 Å². The summed E-state index contributed by atoms with van der Waals surface area (Å²) in [6.45, 7) is 0. The van der Waals surface area contributed by atoms with Gasteiger partial charge in [-0.15, -0.1) is 0 Å². The topological polar surface area (TPSA) is 54.9 Å². The fourth-order valence-corrected chi connectivity index (χ4v) is 3.10. The number of H-pyrrole nitrogens is 1. The van der Waals surface area contributed by atoms with Crippen LogP contribution in [0.5, 0.6) is 0 Å².